The molecule has 1 aliphatic carbocycles. The van der Waals surface area contributed by atoms with Crippen LogP contribution in [0.25, 0.3) is 0 Å². The lowest BCUT2D eigenvalue weighted by Gasteiger charge is -2.37. The lowest BCUT2D eigenvalue weighted by molar-refractivity contribution is -0.128. The van der Waals surface area contributed by atoms with Crippen molar-refractivity contribution in [1.29, 1.82) is 0 Å². The molecule has 2 aromatic rings. The lowest BCUT2D eigenvalue weighted by atomic mass is 9.67. The maximum absolute atomic E-state index is 13.0. The first kappa shape index (κ1) is 17.8. The summed E-state index contributed by atoms with van der Waals surface area (Å²) in [7, 11) is 0. The van der Waals surface area contributed by atoms with Gasteiger partial charge in [-0.05, 0) is 37.1 Å². The number of furan rings is 1. The molecule has 0 bridgehead atoms. The van der Waals surface area contributed by atoms with Gasteiger partial charge in [0.15, 0.2) is 0 Å². The number of likely N-dealkylation sites (tertiary alicyclic amines) is 1. The molecule has 142 valence electrons. The third-order valence-electron chi connectivity index (χ3n) is 6.14. The number of carbonyl (C=O) groups excluding carboxylic acids is 2. The summed E-state index contributed by atoms with van der Waals surface area (Å²) in [5.74, 6) is 0.662. The van der Waals surface area contributed by atoms with Crippen molar-refractivity contribution in [2.24, 2.45) is 11.3 Å². The SMILES string of the molecule is O=C(NCc1ccco1)[C@@H]1CN(C(=O)c2ccccc2)CC12CCCCC2. The van der Waals surface area contributed by atoms with E-state index in [1.165, 1.54) is 6.42 Å². The van der Waals surface area contributed by atoms with Crippen molar-refractivity contribution >= 4 is 11.8 Å². The standard InChI is InChI=1S/C22H26N2O3/c25-20(23-14-18-10-7-13-27-18)19-15-24(16-22(19)11-5-2-6-12-22)21(26)17-8-3-1-4-9-17/h1,3-4,7-10,13,19H,2,5-6,11-12,14-16H2,(H,23,25)/t19-/m0/s1. The molecule has 2 aliphatic rings. The van der Waals surface area contributed by atoms with E-state index in [-0.39, 0.29) is 23.1 Å². The highest BCUT2D eigenvalue weighted by molar-refractivity contribution is 5.95. The van der Waals surface area contributed by atoms with Crippen LogP contribution in [0.5, 0.6) is 0 Å². The van der Waals surface area contributed by atoms with E-state index in [2.05, 4.69) is 5.32 Å². The van der Waals surface area contributed by atoms with Gasteiger partial charge in [-0.15, -0.1) is 0 Å². The van der Waals surface area contributed by atoms with Gasteiger partial charge < -0.3 is 14.6 Å². The lowest BCUT2D eigenvalue weighted by Crippen LogP contribution is -2.42. The Morgan fingerprint density at radius 2 is 1.85 bits per heavy atom. The predicted molar refractivity (Wildman–Crippen MR) is 102 cm³/mol. The van der Waals surface area contributed by atoms with Crippen LogP contribution in [0, 0.1) is 11.3 Å². The fourth-order valence-electron chi connectivity index (χ4n) is 4.72. The highest BCUT2D eigenvalue weighted by atomic mass is 16.3. The Morgan fingerprint density at radius 1 is 1.07 bits per heavy atom. The molecule has 2 amide bonds. The maximum Gasteiger partial charge on any atom is 0.253 e. The van der Waals surface area contributed by atoms with E-state index < -0.39 is 0 Å². The molecule has 5 heteroatoms. The van der Waals surface area contributed by atoms with Crippen molar-refractivity contribution in [3.8, 4) is 0 Å². The van der Waals surface area contributed by atoms with Crippen molar-refractivity contribution in [3.05, 3.63) is 60.1 Å². The number of carbonyl (C=O) groups is 2. The van der Waals surface area contributed by atoms with E-state index >= 15 is 0 Å². The Kier molecular flexibility index (Phi) is 5.01. The summed E-state index contributed by atoms with van der Waals surface area (Å²) in [5.41, 5.74) is 0.607. The Bertz CT molecular complexity index is 779. The van der Waals surface area contributed by atoms with Crippen LogP contribution in [-0.2, 0) is 11.3 Å². The minimum atomic E-state index is -0.152. The second kappa shape index (κ2) is 7.59. The first-order chi connectivity index (χ1) is 13.2. The van der Waals surface area contributed by atoms with Gasteiger partial charge >= 0.3 is 0 Å². The molecule has 4 rings (SSSR count). The van der Waals surface area contributed by atoms with Gasteiger partial charge in [0.2, 0.25) is 5.91 Å². The molecular weight excluding hydrogens is 340 g/mol. The number of amides is 2. The van der Waals surface area contributed by atoms with E-state index in [0.29, 0.717) is 25.2 Å². The predicted octanol–water partition coefficient (Wildman–Crippen LogP) is 3.62. The molecular formula is C22H26N2O3. The highest BCUT2D eigenvalue weighted by Crippen LogP contribution is 2.48. The Hall–Kier alpha value is -2.56. The fraction of sp³-hybridized carbons (Fsp3) is 0.455. The Balaban J connectivity index is 1.51. The summed E-state index contributed by atoms with van der Waals surface area (Å²) in [4.78, 5) is 27.9. The van der Waals surface area contributed by atoms with Crippen LogP contribution in [0.2, 0.25) is 0 Å². The zero-order valence-electron chi connectivity index (χ0n) is 15.5. The number of nitrogens with one attached hydrogen (secondary N) is 1. The minimum absolute atomic E-state index is 0.0295. The fourth-order valence-corrected chi connectivity index (χ4v) is 4.72. The molecule has 1 N–H and O–H groups in total. The number of benzene rings is 1. The molecule has 1 saturated carbocycles. The zero-order valence-corrected chi connectivity index (χ0v) is 15.5. The molecule has 2 heterocycles. The second-order valence-electron chi connectivity index (χ2n) is 7.82. The summed E-state index contributed by atoms with van der Waals surface area (Å²) in [6.45, 7) is 1.57. The maximum atomic E-state index is 13.0. The van der Waals surface area contributed by atoms with Gasteiger partial charge in [-0.2, -0.15) is 0 Å². The number of rotatable bonds is 4. The van der Waals surface area contributed by atoms with E-state index in [1.54, 1.807) is 6.26 Å². The van der Waals surface area contributed by atoms with Crippen LogP contribution in [0.4, 0.5) is 0 Å². The molecule has 27 heavy (non-hydrogen) atoms. The molecule has 0 radical (unpaired) electrons. The van der Waals surface area contributed by atoms with Crippen molar-refractivity contribution in [1.82, 2.24) is 10.2 Å². The van der Waals surface area contributed by atoms with E-state index in [4.69, 9.17) is 4.42 Å². The normalized spacial score (nSPS) is 21.3. The van der Waals surface area contributed by atoms with Crippen molar-refractivity contribution in [3.63, 3.8) is 0 Å². The number of nitrogens with zero attached hydrogens (tertiary/aromatic N) is 1. The van der Waals surface area contributed by atoms with Gasteiger partial charge in [-0.25, -0.2) is 0 Å². The van der Waals surface area contributed by atoms with Crippen LogP contribution in [0.1, 0.15) is 48.2 Å². The van der Waals surface area contributed by atoms with Crippen molar-refractivity contribution in [2.75, 3.05) is 13.1 Å². The summed E-state index contributed by atoms with van der Waals surface area (Å²) >= 11 is 0. The van der Waals surface area contributed by atoms with Gasteiger partial charge in [-0.1, -0.05) is 37.5 Å². The van der Waals surface area contributed by atoms with Gasteiger partial charge in [0.05, 0.1) is 18.7 Å². The van der Waals surface area contributed by atoms with Crippen LogP contribution in [0.3, 0.4) is 0 Å². The molecule has 1 aromatic carbocycles. The van der Waals surface area contributed by atoms with Crippen LogP contribution in [-0.4, -0.2) is 29.8 Å². The quantitative estimate of drug-likeness (QED) is 0.899. The average Bonchev–Trinajstić information content (AvgIpc) is 3.35. The summed E-state index contributed by atoms with van der Waals surface area (Å²) in [5, 5.41) is 3.03. The topological polar surface area (TPSA) is 62.6 Å². The molecule has 0 unspecified atom stereocenters. The molecule has 2 fully saturated rings. The summed E-state index contributed by atoms with van der Waals surface area (Å²) in [6, 6.07) is 13.0. The largest absolute Gasteiger partial charge is 0.467 e. The van der Waals surface area contributed by atoms with E-state index in [9.17, 15) is 9.59 Å². The highest BCUT2D eigenvalue weighted by Gasteiger charge is 2.51. The molecule has 1 spiro atoms. The summed E-state index contributed by atoms with van der Waals surface area (Å²) < 4.78 is 5.32. The smallest absolute Gasteiger partial charge is 0.253 e. The average molecular weight is 366 g/mol. The van der Waals surface area contributed by atoms with Gasteiger partial charge in [0.25, 0.3) is 5.91 Å². The molecule has 1 atom stereocenters. The van der Waals surface area contributed by atoms with Gasteiger partial charge in [-0.3, -0.25) is 9.59 Å². The minimum Gasteiger partial charge on any atom is -0.467 e. The number of hydrogen-bond acceptors (Lipinski definition) is 3. The molecule has 1 aromatic heterocycles. The zero-order chi connectivity index (χ0) is 18.7. The Morgan fingerprint density at radius 3 is 2.56 bits per heavy atom. The third-order valence-corrected chi connectivity index (χ3v) is 6.14. The van der Waals surface area contributed by atoms with Crippen LogP contribution in [0.15, 0.2) is 53.1 Å². The second-order valence-corrected chi connectivity index (χ2v) is 7.82. The molecule has 1 aliphatic heterocycles. The van der Waals surface area contributed by atoms with E-state index in [1.807, 2.05) is 47.4 Å². The molecule has 5 nitrogen and oxygen atoms in total. The monoisotopic (exact) mass is 366 g/mol. The molecule has 1 saturated heterocycles. The van der Waals surface area contributed by atoms with E-state index in [0.717, 1.165) is 31.4 Å². The van der Waals surface area contributed by atoms with Gasteiger partial charge in [0, 0.05) is 24.1 Å². The third kappa shape index (κ3) is 3.64. The van der Waals surface area contributed by atoms with Crippen molar-refractivity contribution in [2.45, 2.75) is 38.6 Å². The summed E-state index contributed by atoms with van der Waals surface area (Å²) in [6.07, 6.45) is 7.13. The first-order valence-electron chi connectivity index (χ1n) is 9.82. The van der Waals surface area contributed by atoms with Crippen molar-refractivity contribution < 1.29 is 14.0 Å². The number of hydrogen-bond donors (Lipinski definition) is 1. The van der Waals surface area contributed by atoms with Crippen LogP contribution < -0.4 is 5.32 Å². The Labute approximate surface area is 159 Å². The van der Waals surface area contributed by atoms with Crippen LogP contribution >= 0.6 is 0 Å². The van der Waals surface area contributed by atoms with Gasteiger partial charge in [0.1, 0.15) is 5.76 Å². The first-order valence-corrected chi connectivity index (χ1v) is 9.82.